The lowest BCUT2D eigenvalue weighted by Gasteiger charge is -2.11. The smallest absolute Gasteiger partial charge is 0.433 e. The maximum absolute atomic E-state index is 12.3. The summed E-state index contributed by atoms with van der Waals surface area (Å²) in [5, 5.41) is 2.70. The minimum atomic E-state index is -4.45. The van der Waals surface area contributed by atoms with Crippen LogP contribution in [0.2, 0.25) is 0 Å². The highest BCUT2D eigenvalue weighted by Crippen LogP contribution is 2.31. The number of aromatic nitrogens is 1. The van der Waals surface area contributed by atoms with E-state index in [-0.39, 0.29) is 12.5 Å². The Morgan fingerprint density at radius 2 is 2.07 bits per heavy atom. The number of rotatable bonds is 3. The molecule has 1 aromatic heterocycles. The summed E-state index contributed by atoms with van der Waals surface area (Å²) in [4.78, 5) is 3.39. The van der Waals surface area contributed by atoms with Crippen molar-refractivity contribution in [3.63, 3.8) is 0 Å². The molecule has 84 valence electrons. The highest BCUT2D eigenvalue weighted by molar-refractivity contribution is 5.52. The van der Waals surface area contributed by atoms with Gasteiger partial charge in [-0.15, -0.1) is 0 Å². The van der Waals surface area contributed by atoms with Gasteiger partial charge in [-0.25, -0.2) is 4.98 Å². The first kappa shape index (κ1) is 11.6. The van der Waals surface area contributed by atoms with Crippen LogP contribution in [0.15, 0.2) is 12.1 Å². The summed E-state index contributed by atoms with van der Waals surface area (Å²) in [5.74, 6) is -0.0326. The van der Waals surface area contributed by atoms with Crippen LogP contribution in [0.1, 0.15) is 12.6 Å². The second-order valence-electron chi connectivity index (χ2n) is 2.73. The van der Waals surface area contributed by atoms with Crippen molar-refractivity contribution in [1.29, 1.82) is 0 Å². The number of nitrogens with one attached hydrogen (secondary N) is 1. The number of hydrogen-bond donors (Lipinski definition) is 1. The minimum Gasteiger partial charge on any atom is -0.476 e. The maximum Gasteiger partial charge on any atom is 0.433 e. The molecule has 0 bridgehead atoms. The van der Waals surface area contributed by atoms with E-state index in [1.807, 2.05) is 0 Å². The molecular formula is C9H11F3N2O. The number of nitrogens with zero attached hydrogens (tertiary/aromatic N) is 1. The van der Waals surface area contributed by atoms with Gasteiger partial charge in [-0.2, -0.15) is 13.2 Å². The van der Waals surface area contributed by atoms with Crippen LogP contribution < -0.4 is 10.1 Å². The average molecular weight is 220 g/mol. The Balaban J connectivity index is 3.10. The Bertz CT molecular complexity index is 339. The SMILES string of the molecule is CCOc1nc(C(F)(F)F)ccc1NC. The van der Waals surface area contributed by atoms with Crippen LogP contribution in [-0.2, 0) is 6.18 Å². The van der Waals surface area contributed by atoms with Gasteiger partial charge < -0.3 is 10.1 Å². The van der Waals surface area contributed by atoms with Crippen molar-refractivity contribution in [2.24, 2.45) is 0 Å². The summed E-state index contributed by atoms with van der Waals surface area (Å²) in [6, 6.07) is 2.20. The first-order chi connectivity index (χ1) is 6.99. The van der Waals surface area contributed by atoms with E-state index in [2.05, 4.69) is 10.3 Å². The molecule has 0 aliphatic rings. The first-order valence-corrected chi connectivity index (χ1v) is 4.37. The molecule has 1 rings (SSSR count). The van der Waals surface area contributed by atoms with Gasteiger partial charge in [-0.05, 0) is 19.1 Å². The van der Waals surface area contributed by atoms with Crippen LogP contribution >= 0.6 is 0 Å². The van der Waals surface area contributed by atoms with Crippen LogP contribution in [0.4, 0.5) is 18.9 Å². The highest BCUT2D eigenvalue weighted by atomic mass is 19.4. The lowest BCUT2D eigenvalue weighted by Crippen LogP contribution is -2.10. The summed E-state index contributed by atoms with van der Waals surface area (Å²) in [5.41, 5.74) is -0.519. The van der Waals surface area contributed by atoms with E-state index in [0.717, 1.165) is 6.07 Å². The van der Waals surface area contributed by atoms with E-state index < -0.39 is 11.9 Å². The topological polar surface area (TPSA) is 34.1 Å². The molecule has 0 atom stereocenters. The minimum absolute atomic E-state index is 0.0326. The van der Waals surface area contributed by atoms with Gasteiger partial charge in [0, 0.05) is 7.05 Å². The van der Waals surface area contributed by atoms with Crippen LogP contribution in [-0.4, -0.2) is 18.6 Å². The number of pyridine rings is 1. The third-order valence-corrected chi connectivity index (χ3v) is 1.70. The monoisotopic (exact) mass is 220 g/mol. The highest BCUT2D eigenvalue weighted by Gasteiger charge is 2.33. The Morgan fingerprint density at radius 3 is 2.53 bits per heavy atom. The van der Waals surface area contributed by atoms with Crippen molar-refractivity contribution < 1.29 is 17.9 Å². The van der Waals surface area contributed by atoms with Crippen molar-refractivity contribution in [3.8, 4) is 5.88 Å². The van der Waals surface area contributed by atoms with E-state index in [0.29, 0.717) is 5.69 Å². The summed E-state index contributed by atoms with van der Waals surface area (Å²) >= 11 is 0. The molecule has 0 radical (unpaired) electrons. The summed E-state index contributed by atoms with van der Waals surface area (Å²) < 4.78 is 41.9. The molecule has 15 heavy (non-hydrogen) atoms. The predicted octanol–water partition coefficient (Wildman–Crippen LogP) is 2.54. The number of ether oxygens (including phenoxy) is 1. The third-order valence-electron chi connectivity index (χ3n) is 1.70. The van der Waals surface area contributed by atoms with E-state index >= 15 is 0 Å². The van der Waals surface area contributed by atoms with Crippen molar-refractivity contribution >= 4 is 5.69 Å². The van der Waals surface area contributed by atoms with Crippen molar-refractivity contribution in [2.45, 2.75) is 13.1 Å². The normalized spacial score (nSPS) is 11.3. The van der Waals surface area contributed by atoms with Crippen LogP contribution in [0.3, 0.4) is 0 Å². The van der Waals surface area contributed by atoms with Gasteiger partial charge in [0.2, 0.25) is 5.88 Å². The van der Waals surface area contributed by atoms with E-state index in [9.17, 15) is 13.2 Å². The quantitative estimate of drug-likeness (QED) is 0.849. The Hall–Kier alpha value is -1.46. The van der Waals surface area contributed by atoms with Crippen LogP contribution in [0.25, 0.3) is 0 Å². The molecule has 0 amide bonds. The molecule has 3 nitrogen and oxygen atoms in total. The van der Waals surface area contributed by atoms with Crippen molar-refractivity contribution in [3.05, 3.63) is 17.8 Å². The third kappa shape index (κ3) is 2.74. The lowest BCUT2D eigenvalue weighted by atomic mass is 10.3. The van der Waals surface area contributed by atoms with Crippen molar-refractivity contribution in [1.82, 2.24) is 4.98 Å². The largest absolute Gasteiger partial charge is 0.476 e. The molecule has 0 saturated carbocycles. The fraction of sp³-hybridized carbons (Fsp3) is 0.444. The van der Waals surface area contributed by atoms with Gasteiger partial charge in [0.1, 0.15) is 5.69 Å². The summed E-state index contributed by atoms with van der Waals surface area (Å²) in [6.45, 7) is 1.95. The first-order valence-electron chi connectivity index (χ1n) is 4.37. The molecule has 0 spiro atoms. The standard InChI is InChI=1S/C9H11F3N2O/c1-3-15-8-6(13-2)4-5-7(14-8)9(10,11)12/h4-5,13H,3H2,1-2H3. The average Bonchev–Trinajstić information content (AvgIpc) is 2.17. The van der Waals surface area contributed by atoms with Crippen LogP contribution in [0.5, 0.6) is 5.88 Å². The molecular weight excluding hydrogens is 209 g/mol. The van der Waals surface area contributed by atoms with Crippen LogP contribution in [0, 0.1) is 0 Å². The number of halogens is 3. The lowest BCUT2D eigenvalue weighted by molar-refractivity contribution is -0.141. The zero-order chi connectivity index (χ0) is 11.5. The zero-order valence-corrected chi connectivity index (χ0v) is 8.35. The molecule has 1 N–H and O–H groups in total. The summed E-state index contributed by atoms with van der Waals surface area (Å²) in [6.07, 6.45) is -4.45. The molecule has 0 unspecified atom stereocenters. The van der Waals surface area contributed by atoms with Gasteiger partial charge in [0.25, 0.3) is 0 Å². The van der Waals surface area contributed by atoms with Gasteiger partial charge in [-0.1, -0.05) is 0 Å². The number of hydrogen-bond acceptors (Lipinski definition) is 3. The van der Waals surface area contributed by atoms with Gasteiger partial charge >= 0.3 is 6.18 Å². The molecule has 0 saturated heterocycles. The fourth-order valence-corrected chi connectivity index (χ4v) is 1.04. The Kier molecular flexibility index (Phi) is 3.39. The number of alkyl halides is 3. The molecule has 1 heterocycles. The molecule has 0 aliphatic carbocycles. The molecule has 0 aliphatic heterocycles. The van der Waals surface area contributed by atoms with E-state index in [4.69, 9.17) is 4.74 Å². The molecule has 0 aromatic carbocycles. The zero-order valence-electron chi connectivity index (χ0n) is 8.35. The molecule has 1 aromatic rings. The second-order valence-corrected chi connectivity index (χ2v) is 2.73. The second kappa shape index (κ2) is 4.37. The molecule has 6 heteroatoms. The predicted molar refractivity (Wildman–Crippen MR) is 50.0 cm³/mol. The maximum atomic E-state index is 12.3. The Morgan fingerprint density at radius 1 is 1.40 bits per heavy atom. The Labute approximate surface area is 85.3 Å². The molecule has 0 fully saturated rings. The van der Waals surface area contributed by atoms with E-state index in [1.165, 1.54) is 6.07 Å². The van der Waals surface area contributed by atoms with E-state index in [1.54, 1.807) is 14.0 Å². The van der Waals surface area contributed by atoms with Gasteiger partial charge in [0.15, 0.2) is 0 Å². The van der Waals surface area contributed by atoms with Gasteiger partial charge in [0.05, 0.1) is 12.3 Å². The van der Waals surface area contributed by atoms with Gasteiger partial charge in [-0.3, -0.25) is 0 Å². The fourth-order valence-electron chi connectivity index (χ4n) is 1.04. The number of anilines is 1. The van der Waals surface area contributed by atoms with Crippen molar-refractivity contribution in [2.75, 3.05) is 19.0 Å². The summed E-state index contributed by atoms with van der Waals surface area (Å²) in [7, 11) is 1.59.